The molecule has 0 amide bonds. The van der Waals surface area contributed by atoms with Crippen LogP contribution in [-0.4, -0.2) is 0 Å². The van der Waals surface area contributed by atoms with Crippen molar-refractivity contribution in [1.29, 1.82) is 0 Å². The predicted molar refractivity (Wildman–Crippen MR) is 36.7 cm³/mol. The molecule has 1 rings (SSSR count). The van der Waals surface area contributed by atoms with E-state index in [9.17, 15) is 4.39 Å². The first-order chi connectivity index (χ1) is 4.25. The Morgan fingerprint density at radius 3 is 2.33 bits per heavy atom. The van der Waals surface area contributed by atoms with Gasteiger partial charge in [-0.25, -0.2) is 4.39 Å². The third-order valence-corrected chi connectivity index (χ3v) is 1.63. The van der Waals surface area contributed by atoms with Crippen LogP contribution in [0.1, 0.15) is 19.8 Å². The summed E-state index contributed by atoms with van der Waals surface area (Å²) in [5.74, 6) is 0.431. The van der Waals surface area contributed by atoms with Crippen molar-refractivity contribution in [1.82, 2.24) is 0 Å². The van der Waals surface area contributed by atoms with Crippen LogP contribution in [0, 0.1) is 5.92 Å². The largest absolute Gasteiger partial charge is 0.212 e. The summed E-state index contributed by atoms with van der Waals surface area (Å²) in [5.41, 5.74) is 0.815. The summed E-state index contributed by atoms with van der Waals surface area (Å²) in [5, 5.41) is 0. The highest BCUT2D eigenvalue weighted by molar-refractivity contribution is 5.25. The minimum absolute atomic E-state index is 0.0625. The predicted octanol–water partition coefficient (Wildman–Crippen LogP) is 2.83. The molecule has 1 fully saturated rings. The first-order valence-corrected chi connectivity index (χ1v) is 3.24. The van der Waals surface area contributed by atoms with E-state index in [2.05, 4.69) is 6.58 Å². The Morgan fingerprint density at radius 2 is 2.22 bits per heavy atom. The smallest absolute Gasteiger partial charge is 0.100 e. The average molecular weight is 126 g/mol. The molecule has 0 heterocycles. The maximum Gasteiger partial charge on any atom is 0.100 e. The van der Waals surface area contributed by atoms with Gasteiger partial charge in [0.25, 0.3) is 0 Å². The van der Waals surface area contributed by atoms with Gasteiger partial charge >= 0.3 is 0 Å². The number of hydrogen-bond acceptors (Lipinski definition) is 0. The molecule has 0 aliphatic heterocycles. The van der Waals surface area contributed by atoms with Gasteiger partial charge in [0.05, 0.1) is 0 Å². The minimum Gasteiger partial charge on any atom is -0.212 e. The van der Waals surface area contributed by atoms with Crippen LogP contribution in [0.4, 0.5) is 4.39 Å². The molecule has 0 radical (unpaired) electrons. The van der Waals surface area contributed by atoms with Gasteiger partial charge in [-0.2, -0.15) is 0 Å². The normalized spacial score (nSPS) is 21.1. The minimum atomic E-state index is -0.0625. The Morgan fingerprint density at radius 1 is 1.67 bits per heavy atom. The van der Waals surface area contributed by atoms with Crippen molar-refractivity contribution in [2.45, 2.75) is 19.8 Å². The summed E-state index contributed by atoms with van der Waals surface area (Å²) in [4.78, 5) is 0. The zero-order chi connectivity index (χ0) is 6.85. The van der Waals surface area contributed by atoms with Gasteiger partial charge in [0.15, 0.2) is 0 Å². The third-order valence-electron chi connectivity index (χ3n) is 1.63. The van der Waals surface area contributed by atoms with Gasteiger partial charge in [-0.3, -0.25) is 0 Å². The van der Waals surface area contributed by atoms with Gasteiger partial charge in [0, 0.05) is 0 Å². The zero-order valence-corrected chi connectivity index (χ0v) is 5.65. The van der Waals surface area contributed by atoms with E-state index >= 15 is 0 Å². The van der Waals surface area contributed by atoms with Crippen LogP contribution in [0.5, 0.6) is 0 Å². The number of halogens is 1. The van der Waals surface area contributed by atoms with Crippen LogP contribution in [0.3, 0.4) is 0 Å². The highest BCUT2D eigenvalue weighted by Crippen LogP contribution is 2.38. The molecular weight excluding hydrogens is 115 g/mol. The van der Waals surface area contributed by atoms with Crippen molar-refractivity contribution in [3.63, 3.8) is 0 Å². The fraction of sp³-hybridized carbons (Fsp3) is 0.500. The highest BCUT2D eigenvalue weighted by atomic mass is 19.1. The average Bonchev–Trinajstić information content (AvgIpc) is 2.50. The van der Waals surface area contributed by atoms with E-state index in [1.807, 2.05) is 0 Å². The van der Waals surface area contributed by atoms with E-state index < -0.39 is 0 Å². The van der Waals surface area contributed by atoms with Crippen LogP contribution in [0.2, 0.25) is 0 Å². The van der Waals surface area contributed by atoms with E-state index in [0.717, 1.165) is 18.4 Å². The van der Waals surface area contributed by atoms with E-state index in [-0.39, 0.29) is 5.83 Å². The molecule has 0 spiro atoms. The van der Waals surface area contributed by atoms with Crippen molar-refractivity contribution < 1.29 is 4.39 Å². The van der Waals surface area contributed by atoms with Crippen LogP contribution < -0.4 is 0 Å². The number of allylic oxidation sites excluding steroid dienone is 3. The van der Waals surface area contributed by atoms with Crippen LogP contribution >= 0.6 is 0 Å². The summed E-state index contributed by atoms with van der Waals surface area (Å²) in [6.45, 7) is 5.04. The molecule has 0 aromatic heterocycles. The molecule has 0 aromatic carbocycles. The summed E-state index contributed by atoms with van der Waals surface area (Å²) >= 11 is 0. The lowest BCUT2D eigenvalue weighted by Gasteiger charge is -1.95. The molecule has 1 saturated carbocycles. The van der Waals surface area contributed by atoms with E-state index in [4.69, 9.17) is 0 Å². The molecule has 1 heteroatoms. The topological polar surface area (TPSA) is 0 Å². The summed E-state index contributed by atoms with van der Waals surface area (Å²) in [6.07, 6.45) is 3.91. The molecule has 0 N–H and O–H groups in total. The standard InChI is InChI=1S/C8H11F/c1-3-8(6(2)9)7-4-5-7/h3,7H,1,4-5H2,2H3/b8-6-. The van der Waals surface area contributed by atoms with Crippen molar-refractivity contribution in [2.24, 2.45) is 5.92 Å². The van der Waals surface area contributed by atoms with Gasteiger partial charge < -0.3 is 0 Å². The van der Waals surface area contributed by atoms with Crippen molar-refractivity contribution in [3.8, 4) is 0 Å². The second-order valence-corrected chi connectivity index (χ2v) is 2.47. The second kappa shape index (κ2) is 2.34. The monoisotopic (exact) mass is 126 g/mol. The van der Waals surface area contributed by atoms with E-state index in [1.165, 1.54) is 6.92 Å². The molecule has 0 nitrogen and oxygen atoms in total. The lowest BCUT2D eigenvalue weighted by atomic mass is 10.1. The summed E-state index contributed by atoms with van der Waals surface area (Å²) in [7, 11) is 0. The Hall–Kier alpha value is -0.590. The van der Waals surface area contributed by atoms with Crippen molar-refractivity contribution in [2.75, 3.05) is 0 Å². The molecule has 0 unspecified atom stereocenters. The molecule has 0 aromatic rings. The molecule has 0 bridgehead atoms. The SMILES string of the molecule is C=C/C(=C(\C)F)C1CC1. The molecule has 9 heavy (non-hydrogen) atoms. The first-order valence-electron chi connectivity index (χ1n) is 3.24. The Labute approximate surface area is 55.1 Å². The Balaban J connectivity index is 2.68. The number of hydrogen-bond donors (Lipinski definition) is 0. The van der Waals surface area contributed by atoms with Gasteiger partial charge in [-0.1, -0.05) is 12.7 Å². The van der Waals surface area contributed by atoms with Gasteiger partial charge in [-0.15, -0.1) is 0 Å². The van der Waals surface area contributed by atoms with E-state index in [1.54, 1.807) is 6.08 Å². The van der Waals surface area contributed by atoms with Gasteiger partial charge in [0.1, 0.15) is 5.83 Å². The Kier molecular flexibility index (Phi) is 1.70. The van der Waals surface area contributed by atoms with Gasteiger partial charge in [-0.05, 0) is 31.3 Å². The first kappa shape index (κ1) is 6.53. The maximum atomic E-state index is 12.5. The van der Waals surface area contributed by atoms with Crippen LogP contribution in [-0.2, 0) is 0 Å². The quantitative estimate of drug-likeness (QED) is 0.499. The zero-order valence-electron chi connectivity index (χ0n) is 5.65. The molecule has 1 aliphatic rings. The fourth-order valence-electron chi connectivity index (χ4n) is 0.983. The highest BCUT2D eigenvalue weighted by Gasteiger charge is 2.25. The maximum absolute atomic E-state index is 12.5. The molecule has 0 saturated heterocycles. The number of rotatable bonds is 2. The molecular formula is C8H11F. The van der Waals surface area contributed by atoms with Gasteiger partial charge in [0.2, 0.25) is 0 Å². The third kappa shape index (κ3) is 1.41. The van der Waals surface area contributed by atoms with Crippen LogP contribution in [0.15, 0.2) is 24.1 Å². The Bertz CT molecular complexity index is 148. The summed E-state index contributed by atoms with van der Waals surface area (Å²) in [6, 6.07) is 0. The second-order valence-electron chi connectivity index (χ2n) is 2.47. The van der Waals surface area contributed by atoms with Crippen molar-refractivity contribution in [3.05, 3.63) is 24.1 Å². The van der Waals surface area contributed by atoms with E-state index in [0.29, 0.717) is 5.92 Å². The fourth-order valence-corrected chi connectivity index (χ4v) is 0.983. The molecule has 0 atom stereocenters. The van der Waals surface area contributed by atoms with Crippen molar-refractivity contribution >= 4 is 0 Å². The molecule has 50 valence electrons. The summed E-state index contributed by atoms with van der Waals surface area (Å²) < 4.78 is 12.5. The van der Waals surface area contributed by atoms with Crippen LogP contribution in [0.25, 0.3) is 0 Å². The lowest BCUT2D eigenvalue weighted by Crippen LogP contribution is -1.81. The lowest BCUT2D eigenvalue weighted by molar-refractivity contribution is 0.622. The molecule has 1 aliphatic carbocycles.